The summed E-state index contributed by atoms with van der Waals surface area (Å²) in [5, 5.41) is 2.72. The predicted octanol–water partition coefficient (Wildman–Crippen LogP) is 2.63. The van der Waals surface area contributed by atoms with E-state index in [0.717, 1.165) is 25.2 Å². The molecule has 1 amide bonds. The van der Waals surface area contributed by atoms with Crippen LogP contribution in [0.1, 0.15) is 16.1 Å². The van der Waals surface area contributed by atoms with Gasteiger partial charge in [0, 0.05) is 38.1 Å². The van der Waals surface area contributed by atoms with Crippen LogP contribution in [0.5, 0.6) is 0 Å². The summed E-state index contributed by atoms with van der Waals surface area (Å²) in [5.41, 5.74) is -0.366. The molecule has 0 bridgehead atoms. The molecule has 1 aliphatic rings. The number of benzene rings is 1. The molecule has 3 rings (SSSR count). The van der Waals surface area contributed by atoms with Gasteiger partial charge >= 0.3 is 6.18 Å². The smallest absolute Gasteiger partial charge is 0.335 e. The number of hydrogen-bond acceptors (Lipinski definition) is 5. The highest BCUT2D eigenvalue weighted by Crippen LogP contribution is 2.31. The zero-order valence-electron chi connectivity index (χ0n) is 14.1. The molecule has 9 heteroatoms. The second kappa shape index (κ2) is 7.28. The Morgan fingerprint density at radius 3 is 2.58 bits per heavy atom. The molecule has 0 unspecified atom stereocenters. The van der Waals surface area contributed by atoms with E-state index in [1.807, 2.05) is 7.05 Å². The van der Waals surface area contributed by atoms with Gasteiger partial charge < -0.3 is 15.1 Å². The fraction of sp³-hybridized carbons (Fsp3) is 0.353. The number of carbonyl (C=O) groups excluding carboxylic acids is 1. The molecule has 1 saturated heterocycles. The first-order valence-corrected chi connectivity index (χ1v) is 8.08. The maximum atomic E-state index is 12.8. The molecule has 1 N–H and O–H groups in total. The van der Waals surface area contributed by atoms with Crippen LogP contribution in [-0.2, 0) is 6.18 Å². The van der Waals surface area contributed by atoms with Crippen molar-refractivity contribution in [1.82, 2.24) is 19.8 Å². The van der Waals surface area contributed by atoms with E-state index in [2.05, 4.69) is 20.2 Å². The van der Waals surface area contributed by atoms with Gasteiger partial charge in [0.1, 0.15) is 5.69 Å². The Balaban J connectivity index is 1.74. The summed E-state index contributed by atoms with van der Waals surface area (Å²) in [6.45, 7) is 2.78. The molecule has 0 aliphatic carbocycles. The van der Waals surface area contributed by atoms with Crippen LogP contribution < -0.4 is 5.32 Å². The van der Waals surface area contributed by atoms with Gasteiger partial charge in [0.05, 0.1) is 5.56 Å². The molecule has 26 heavy (non-hydrogen) atoms. The van der Waals surface area contributed by atoms with Crippen molar-refractivity contribution >= 4 is 17.5 Å². The first-order chi connectivity index (χ1) is 12.3. The Bertz CT molecular complexity index is 788. The lowest BCUT2D eigenvalue weighted by Gasteiger charge is -2.32. The van der Waals surface area contributed by atoms with Crippen molar-refractivity contribution in [3.63, 3.8) is 0 Å². The number of aromatic nitrogens is 2. The van der Waals surface area contributed by atoms with Gasteiger partial charge in [-0.15, -0.1) is 0 Å². The van der Waals surface area contributed by atoms with Crippen LogP contribution >= 0.6 is 0 Å². The number of halogens is 3. The molecule has 0 atom stereocenters. The molecule has 1 aromatic heterocycles. The third-order valence-electron chi connectivity index (χ3n) is 4.11. The van der Waals surface area contributed by atoms with Crippen LogP contribution in [0.4, 0.5) is 24.8 Å². The number of nitrogens with zero attached hydrogens (tertiary/aromatic N) is 4. The largest absolute Gasteiger partial charge is 0.416 e. The Hall–Kier alpha value is -2.68. The summed E-state index contributed by atoms with van der Waals surface area (Å²) in [7, 11) is 1.99. The summed E-state index contributed by atoms with van der Waals surface area (Å²) < 4.78 is 38.4. The van der Waals surface area contributed by atoms with Gasteiger partial charge in [0.25, 0.3) is 5.91 Å². The van der Waals surface area contributed by atoms with E-state index in [-0.39, 0.29) is 23.2 Å². The number of amides is 1. The van der Waals surface area contributed by atoms with Gasteiger partial charge in [-0.3, -0.25) is 4.79 Å². The molecule has 1 aliphatic heterocycles. The van der Waals surface area contributed by atoms with E-state index >= 15 is 0 Å². The van der Waals surface area contributed by atoms with Crippen molar-refractivity contribution in [2.24, 2.45) is 0 Å². The SMILES string of the molecule is CN1CCN(C(=O)c2ccnc(Nc3cccc(C(F)(F)F)c3)n2)CC1. The fourth-order valence-corrected chi connectivity index (χ4v) is 2.61. The Morgan fingerprint density at radius 1 is 1.15 bits per heavy atom. The second-order valence-corrected chi connectivity index (χ2v) is 6.06. The van der Waals surface area contributed by atoms with Gasteiger partial charge in [-0.1, -0.05) is 6.07 Å². The van der Waals surface area contributed by atoms with Crippen molar-refractivity contribution in [2.45, 2.75) is 6.18 Å². The van der Waals surface area contributed by atoms with Crippen molar-refractivity contribution < 1.29 is 18.0 Å². The van der Waals surface area contributed by atoms with Gasteiger partial charge in [0.15, 0.2) is 0 Å². The van der Waals surface area contributed by atoms with Gasteiger partial charge in [0.2, 0.25) is 5.95 Å². The number of rotatable bonds is 3. The monoisotopic (exact) mass is 365 g/mol. The van der Waals surface area contributed by atoms with E-state index in [9.17, 15) is 18.0 Å². The van der Waals surface area contributed by atoms with Crippen LogP contribution in [0.3, 0.4) is 0 Å². The highest BCUT2D eigenvalue weighted by atomic mass is 19.4. The molecule has 2 aromatic rings. The molecular weight excluding hydrogens is 347 g/mol. The van der Waals surface area contributed by atoms with Crippen molar-refractivity contribution in [2.75, 3.05) is 38.5 Å². The standard InChI is InChI=1S/C17H18F3N5O/c1-24-7-9-25(10-8-24)15(26)14-5-6-21-16(23-14)22-13-4-2-3-12(11-13)17(18,19)20/h2-6,11H,7-10H2,1H3,(H,21,22,23). The number of piperazine rings is 1. The summed E-state index contributed by atoms with van der Waals surface area (Å²) >= 11 is 0. The molecule has 0 radical (unpaired) electrons. The lowest BCUT2D eigenvalue weighted by molar-refractivity contribution is -0.137. The first kappa shape index (κ1) is 18.1. The van der Waals surface area contributed by atoms with E-state index < -0.39 is 11.7 Å². The van der Waals surface area contributed by atoms with E-state index in [4.69, 9.17) is 0 Å². The number of likely N-dealkylation sites (N-methyl/N-ethyl adjacent to an activating group) is 1. The molecule has 138 valence electrons. The van der Waals surface area contributed by atoms with Crippen LogP contribution in [0.25, 0.3) is 0 Å². The number of hydrogen-bond donors (Lipinski definition) is 1. The lowest BCUT2D eigenvalue weighted by atomic mass is 10.2. The van der Waals surface area contributed by atoms with Crippen LogP contribution in [0.2, 0.25) is 0 Å². The first-order valence-electron chi connectivity index (χ1n) is 8.08. The molecule has 6 nitrogen and oxygen atoms in total. The average molecular weight is 365 g/mol. The minimum atomic E-state index is -4.43. The Kier molecular flexibility index (Phi) is 5.08. The van der Waals surface area contributed by atoms with E-state index in [1.54, 1.807) is 4.90 Å². The van der Waals surface area contributed by atoms with Crippen molar-refractivity contribution in [3.05, 3.63) is 47.8 Å². The van der Waals surface area contributed by atoms with Gasteiger partial charge in [-0.2, -0.15) is 13.2 Å². The normalized spacial score (nSPS) is 15.8. The molecule has 1 aromatic carbocycles. The highest BCUT2D eigenvalue weighted by molar-refractivity contribution is 5.92. The molecule has 1 fully saturated rings. The fourth-order valence-electron chi connectivity index (χ4n) is 2.61. The second-order valence-electron chi connectivity index (χ2n) is 6.06. The Morgan fingerprint density at radius 2 is 1.88 bits per heavy atom. The molecule has 0 spiro atoms. The lowest BCUT2D eigenvalue weighted by Crippen LogP contribution is -2.47. The van der Waals surface area contributed by atoms with Crippen LogP contribution in [0, 0.1) is 0 Å². The number of anilines is 2. The quantitative estimate of drug-likeness (QED) is 0.906. The molecule has 0 saturated carbocycles. The highest BCUT2D eigenvalue weighted by Gasteiger charge is 2.30. The maximum Gasteiger partial charge on any atom is 0.416 e. The minimum Gasteiger partial charge on any atom is -0.335 e. The summed E-state index contributed by atoms with van der Waals surface area (Å²) in [6, 6.07) is 6.23. The Labute approximate surface area is 148 Å². The zero-order chi connectivity index (χ0) is 18.7. The molecular formula is C17H18F3N5O. The van der Waals surface area contributed by atoms with Crippen LogP contribution in [0.15, 0.2) is 36.5 Å². The summed E-state index contributed by atoms with van der Waals surface area (Å²) in [5.74, 6) is -0.142. The zero-order valence-corrected chi connectivity index (χ0v) is 14.1. The number of nitrogens with one attached hydrogen (secondary N) is 1. The van der Waals surface area contributed by atoms with E-state index in [0.29, 0.717) is 13.1 Å². The van der Waals surface area contributed by atoms with Crippen LogP contribution in [-0.4, -0.2) is 58.9 Å². The number of carbonyl (C=O) groups is 1. The average Bonchev–Trinajstić information content (AvgIpc) is 2.61. The summed E-state index contributed by atoms with van der Waals surface area (Å²) in [6.07, 6.45) is -3.02. The third kappa shape index (κ3) is 4.29. The van der Waals surface area contributed by atoms with Gasteiger partial charge in [-0.05, 0) is 31.3 Å². The number of alkyl halides is 3. The van der Waals surface area contributed by atoms with Gasteiger partial charge in [-0.25, -0.2) is 9.97 Å². The maximum absolute atomic E-state index is 12.8. The van der Waals surface area contributed by atoms with E-state index in [1.165, 1.54) is 24.4 Å². The minimum absolute atomic E-state index is 0.0734. The molecule has 2 heterocycles. The van der Waals surface area contributed by atoms with Crippen molar-refractivity contribution in [1.29, 1.82) is 0 Å². The van der Waals surface area contributed by atoms with Crippen molar-refractivity contribution in [3.8, 4) is 0 Å². The third-order valence-corrected chi connectivity index (χ3v) is 4.11. The topological polar surface area (TPSA) is 61.4 Å². The summed E-state index contributed by atoms with van der Waals surface area (Å²) in [4.78, 5) is 24.5. The predicted molar refractivity (Wildman–Crippen MR) is 90.2 cm³/mol.